The molecule has 68 valence electrons. The van der Waals surface area contributed by atoms with Gasteiger partial charge in [-0.3, -0.25) is 0 Å². The van der Waals surface area contributed by atoms with Crippen molar-refractivity contribution in [2.75, 3.05) is 0 Å². The first-order valence-corrected chi connectivity index (χ1v) is 4.15. The summed E-state index contributed by atoms with van der Waals surface area (Å²) in [6, 6.07) is 7.74. The molecule has 0 bridgehead atoms. The number of nitrogens with one attached hydrogen (secondary N) is 1. The van der Waals surface area contributed by atoms with Gasteiger partial charge >= 0.3 is 0 Å². The van der Waals surface area contributed by atoms with Crippen molar-refractivity contribution in [1.82, 2.24) is 20.2 Å². The minimum absolute atomic E-state index is 0.404. The molecule has 0 radical (unpaired) electrons. The van der Waals surface area contributed by atoms with Crippen LogP contribution in [0.25, 0.3) is 22.7 Å². The van der Waals surface area contributed by atoms with Gasteiger partial charge in [-0.15, -0.1) is 10.2 Å². The number of H-pyrrole nitrogens is 1. The molecule has 3 rings (SSSR count). The average molecular weight is 186 g/mol. The zero-order valence-corrected chi connectivity index (χ0v) is 7.14. The van der Waals surface area contributed by atoms with Crippen LogP contribution in [0.15, 0.2) is 35.1 Å². The van der Waals surface area contributed by atoms with Crippen LogP contribution >= 0.6 is 0 Å². The lowest BCUT2D eigenvalue weighted by Gasteiger charge is -1.82. The Hall–Kier alpha value is -2.17. The molecule has 0 fully saturated rings. The Bertz CT molecular complexity index is 522. The summed E-state index contributed by atoms with van der Waals surface area (Å²) >= 11 is 0. The third-order valence-corrected chi connectivity index (χ3v) is 1.95. The first kappa shape index (κ1) is 7.25. The van der Waals surface area contributed by atoms with Gasteiger partial charge in [0.2, 0.25) is 6.39 Å². The van der Waals surface area contributed by atoms with E-state index < -0.39 is 0 Å². The van der Waals surface area contributed by atoms with Crippen LogP contribution in [0.2, 0.25) is 0 Å². The Morgan fingerprint density at radius 3 is 2.93 bits per heavy atom. The maximum absolute atomic E-state index is 5.03. The van der Waals surface area contributed by atoms with Crippen LogP contribution in [0, 0.1) is 0 Å². The van der Waals surface area contributed by atoms with E-state index in [2.05, 4.69) is 20.2 Å². The second-order valence-corrected chi connectivity index (χ2v) is 2.85. The summed E-state index contributed by atoms with van der Waals surface area (Å²) in [6.07, 6.45) is 1.28. The van der Waals surface area contributed by atoms with Gasteiger partial charge in [0.25, 0.3) is 5.89 Å². The van der Waals surface area contributed by atoms with Crippen LogP contribution in [0.1, 0.15) is 0 Å². The minimum atomic E-state index is 0.404. The van der Waals surface area contributed by atoms with Crippen LogP contribution < -0.4 is 0 Å². The molecular weight excluding hydrogens is 180 g/mol. The molecule has 0 aliphatic carbocycles. The molecular formula is C9H6N4O. The third kappa shape index (κ3) is 0.990. The highest BCUT2D eigenvalue weighted by atomic mass is 16.4. The molecule has 2 heterocycles. The summed E-state index contributed by atoms with van der Waals surface area (Å²) in [5.74, 6) is 1.00. The lowest BCUT2D eigenvalue weighted by Crippen LogP contribution is -1.79. The molecule has 5 nitrogen and oxygen atoms in total. The van der Waals surface area contributed by atoms with Crippen LogP contribution in [0.4, 0.5) is 0 Å². The van der Waals surface area contributed by atoms with Gasteiger partial charge in [-0.25, -0.2) is 4.98 Å². The van der Waals surface area contributed by atoms with Gasteiger partial charge < -0.3 is 9.40 Å². The Kier molecular flexibility index (Phi) is 1.38. The van der Waals surface area contributed by atoms with E-state index in [-0.39, 0.29) is 0 Å². The quantitative estimate of drug-likeness (QED) is 0.626. The molecule has 5 heteroatoms. The topological polar surface area (TPSA) is 67.6 Å². The number of fused-ring (bicyclic) bond motifs is 1. The average Bonchev–Trinajstić information content (AvgIpc) is 2.86. The molecule has 3 aromatic rings. The van der Waals surface area contributed by atoms with Gasteiger partial charge in [0, 0.05) is 0 Å². The fraction of sp³-hybridized carbons (Fsp3) is 0. The number of hydrogen-bond acceptors (Lipinski definition) is 4. The number of nitrogens with zero attached hydrogens (tertiary/aromatic N) is 3. The van der Waals surface area contributed by atoms with Crippen molar-refractivity contribution >= 4 is 11.0 Å². The highest BCUT2D eigenvalue weighted by Gasteiger charge is 2.08. The summed E-state index contributed by atoms with van der Waals surface area (Å²) in [4.78, 5) is 7.39. The van der Waals surface area contributed by atoms with Gasteiger partial charge in [-0.2, -0.15) is 0 Å². The maximum atomic E-state index is 5.03. The zero-order chi connectivity index (χ0) is 9.38. The van der Waals surface area contributed by atoms with Gasteiger partial charge in [0.15, 0.2) is 5.82 Å². The Balaban J connectivity index is 2.24. The van der Waals surface area contributed by atoms with Gasteiger partial charge in [0.05, 0.1) is 11.0 Å². The van der Waals surface area contributed by atoms with Crippen LogP contribution in [-0.2, 0) is 0 Å². The molecule has 0 aliphatic heterocycles. The largest absolute Gasteiger partial charge is 0.421 e. The summed E-state index contributed by atoms with van der Waals surface area (Å²) in [5, 5.41) is 7.36. The van der Waals surface area contributed by atoms with Crippen LogP contribution in [0.5, 0.6) is 0 Å². The van der Waals surface area contributed by atoms with E-state index in [4.69, 9.17) is 4.42 Å². The Morgan fingerprint density at radius 2 is 2.14 bits per heavy atom. The molecule has 0 amide bonds. The second-order valence-electron chi connectivity index (χ2n) is 2.85. The molecule has 0 aliphatic rings. The molecule has 0 unspecified atom stereocenters. The van der Waals surface area contributed by atoms with E-state index in [1.165, 1.54) is 6.39 Å². The standard InChI is InChI=1S/C9H6N4O/c1-2-4-7-6(3-1)11-8(12-7)9-13-10-5-14-9/h1-5H,(H,11,12). The number of imidazole rings is 1. The predicted molar refractivity (Wildman–Crippen MR) is 49.4 cm³/mol. The second kappa shape index (κ2) is 2.66. The molecule has 14 heavy (non-hydrogen) atoms. The van der Waals surface area contributed by atoms with Crippen molar-refractivity contribution in [2.24, 2.45) is 0 Å². The fourth-order valence-corrected chi connectivity index (χ4v) is 1.33. The zero-order valence-electron chi connectivity index (χ0n) is 7.14. The molecule has 0 spiro atoms. The summed E-state index contributed by atoms with van der Waals surface area (Å²) < 4.78 is 5.03. The Morgan fingerprint density at radius 1 is 1.21 bits per heavy atom. The van der Waals surface area contributed by atoms with E-state index in [0.717, 1.165) is 11.0 Å². The van der Waals surface area contributed by atoms with Gasteiger partial charge in [-0.05, 0) is 12.1 Å². The first-order valence-electron chi connectivity index (χ1n) is 4.15. The summed E-state index contributed by atoms with van der Waals surface area (Å²) in [6.45, 7) is 0. The number of para-hydroxylation sites is 2. The maximum Gasteiger partial charge on any atom is 0.283 e. The van der Waals surface area contributed by atoms with E-state index in [0.29, 0.717) is 11.7 Å². The van der Waals surface area contributed by atoms with Gasteiger partial charge in [-0.1, -0.05) is 12.1 Å². The molecule has 0 atom stereocenters. The lowest BCUT2D eigenvalue weighted by atomic mass is 10.3. The van der Waals surface area contributed by atoms with Crippen molar-refractivity contribution in [1.29, 1.82) is 0 Å². The molecule has 1 aromatic carbocycles. The monoisotopic (exact) mass is 186 g/mol. The molecule has 0 saturated heterocycles. The van der Waals surface area contributed by atoms with Crippen molar-refractivity contribution in [3.63, 3.8) is 0 Å². The highest BCUT2D eigenvalue weighted by molar-refractivity contribution is 5.77. The first-order chi connectivity index (χ1) is 6.93. The van der Waals surface area contributed by atoms with Crippen LogP contribution in [0.3, 0.4) is 0 Å². The van der Waals surface area contributed by atoms with Crippen LogP contribution in [-0.4, -0.2) is 20.2 Å². The molecule has 0 saturated carbocycles. The number of rotatable bonds is 1. The van der Waals surface area contributed by atoms with Crippen molar-refractivity contribution < 1.29 is 4.42 Å². The van der Waals surface area contributed by atoms with Gasteiger partial charge in [0.1, 0.15) is 0 Å². The minimum Gasteiger partial charge on any atom is -0.421 e. The van der Waals surface area contributed by atoms with E-state index in [1.807, 2.05) is 24.3 Å². The van der Waals surface area contributed by atoms with E-state index in [9.17, 15) is 0 Å². The van der Waals surface area contributed by atoms with Crippen molar-refractivity contribution in [2.45, 2.75) is 0 Å². The predicted octanol–water partition coefficient (Wildman–Crippen LogP) is 1.61. The molecule has 1 N–H and O–H groups in total. The SMILES string of the molecule is c1ccc2[nH]c(-c3nnco3)nc2c1. The molecule has 2 aromatic heterocycles. The van der Waals surface area contributed by atoms with E-state index >= 15 is 0 Å². The number of aromatic nitrogens is 4. The third-order valence-electron chi connectivity index (χ3n) is 1.95. The number of benzene rings is 1. The van der Waals surface area contributed by atoms with Crippen molar-refractivity contribution in [3.8, 4) is 11.7 Å². The summed E-state index contributed by atoms with van der Waals surface area (Å²) in [5.41, 5.74) is 1.85. The Labute approximate surface area is 78.8 Å². The highest BCUT2D eigenvalue weighted by Crippen LogP contribution is 2.17. The smallest absolute Gasteiger partial charge is 0.283 e. The van der Waals surface area contributed by atoms with Crippen molar-refractivity contribution in [3.05, 3.63) is 30.7 Å². The summed E-state index contributed by atoms with van der Waals surface area (Å²) in [7, 11) is 0. The number of hydrogen-bond donors (Lipinski definition) is 1. The number of aromatic amines is 1. The van der Waals surface area contributed by atoms with E-state index in [1.54, 1.807) is 0 Å². The fourth-order valence-electron chi connectivity index (χ4n) is 1.33. The lowest BCUT2D eigenvalue weighted by molar-refractivity contribution is 0.564. The normalized spacial score (nSPS) is 10.9.